The zero-order chi connectivity index (χ0) is 7.98. The second-order valence-corrected chi connectivity index (χ2v) is 3.54. The molecule has 0 rings (SSSR count). The molecule has 0 aliphatic heterocycles. The van der Waals surface area contributed by atoms with Crippen LogP contribution >= 0.6 is 35.8 Å². The Labute approximate surface area is 74.1 Å². The Kier molecular flexibility index (Phi) is 6.25. The van der Waals surface area contributed by atoms with E-state index in [0.717, 1.165) is 0 Å². The number of nitrogens with one attached hydrogen (secondary N) is 1. The van der Waals surface area contributed by atoms with Gasteiger partial charge in [0.25, 0.3) is 0 Å². The topological polar surface area (TPSA) is 32.3 Å². The maximum Gasteiger partial charge on any atom is 0.347 e. The van der Waals surface area contributed by atoms with E-state index < -0.39 is 0 Å². The SMILES string of the molecule is CSNC(=O)N(SC)SC. The summed E-state index contributed by atoms with van der Waals surface area (Å²) in [6.45, 7) is 0. The highest BCUT2D eigenvalue weighted by atomic mass is 32.2. The molecule has 2 amide bonds. The zero-order valence-corrected chi connectivity index (χ0v) is 8.53. The number of amides is 2. The fourth-order valence-electron chi connectivity index (χ4n) is 0.365. The average molecular weight is 198 g/mol. The molecule has 3 nitrogen and oxygen atoms in total. The number of urea groups is 1. The second-order valence-electron chi connectivity index (χ2n) is 1.23. The van der Waals surface area contributed by atoms with Gasteiger partial charge in [-0.2, -0.15) is 0 Å². The third-order valence-electron chi connectivity index (χ3n) is 0.687. The molecule has 0 aromatic heterocycles. The van der Waals surface area contributed by atoms with Gasteiger partial charge in [0, 0.05) is 18.8 Å². The molecular formula is C4H10N2OS3. The second kappa shape index (κ2) is 6.06. The van der Waals surface area contributed by atoms with E-state index in [1.54, 1.807) is 3.71 Å². The highest BCUT2D eigenvalue weighted by Crippen LogP contribution is 2.16. The average Bonchev–Trinajstić information content (AvgIpc) is 1.91. The summed E-state index contributed by atoms with van der Waals surface area (Å²) in [5.74, 6) is 0. The highest BCUT2D eigenvalue weighted by Gasteiger charge is 2.08. The van der Waals surface area contributed by atoms with Gasteiger partial charge in [0.15, 0.2) is 0 Å². The van der Waals surface area contributed by atoms with Gasteiger partial charge >= 0.3 is 6.03 Å². The Morgan fingerprint density at radius 1 is 1.30 bits per heavy atom. The van der Waals surface area contributed by atoms with Crippen LogP contribution in [0.4, 0.5) is 4.79 Å². The van der Waals surface area contributed by atoms with Crippen molar-refractivity contribution in [2.24, 2.45) is 0 Å². The molecule has 0 radical (unpaired) electrons. The van der Waals surface area contributed by atoms with Crippen molar-refractivity contribution in [3.05, 3.63) is 0 Å². The van der Waals surface area contributed by atoms with Crippen molar-refractivity contribution in [2.45, 2.75) is 0 Å². The Bertz CT molecular complexity index is 107. The number of carbonyl (C=O) groups excluding carboxylic acids is 1. The smallest absolute Gasteiger partial charge is 0.280 e. The van der Waals surface area contributed by atoms with Gasteiger partial charge in [0.2, 0.25) is 0 Å². The molecule has 0 heterocycles. The quantitative estimate of drug-likeness (QED) is 0.701. The van der Waals surface area contributed by atoms with Gasteiger partial charge in [-0.1, -0.05) is 11.9 Å². The molecule has 0 saturated heterocycles. The Hall–Kier alpha value is 0.320. The molecule has 0 fully saturated rings. The number of carbonyl (C=O) groups is 1. The van der Waals surface area contributed by atoms with E-state index in [-0.39, 0.29) is 6.03 Å². The normalized spacial score (nSPS) is 9.10. The summed E-state index contributed by atoms with van der Waals surface area (Å²) in [5, 5.41) is 0. The first-order valence-electron chi connectivity index (χ1n) is 2.47. The van der Waals surface area contributed by atoms with Crippen molar-refractivity contribution in [1.82, 2.24) is 8.43 Å². The number of rotatable bonds is 3. The predicted octanol–water partition coefficient (Wildman–Crippen LogP) is 1.83. The standard InChI is InChI=1S/C4H10N2OS3/c1-8-5-4(7)6(9-2)10-3/h1-3H3,(H,5,7). The molecule has 60 valence electrons. The van der Waals surface area contributed by atoms with Crippen molar-refractivity contribution in [3.8, 4) is 0 Å². The summed E-state index contributed by atoms with van der Waals surface area (Å²) in [5.41, 5.74) is 0. The lowest BCUT2D eigenvalue weighted by molar-refractivity contribution is 0.244. The van der Waals surface area contributed by atoms with E-state index >= 15 is 0 Å². The maximum absolute atomic E-state index is 11.0. The van der Waals surface area contributed by atoms with Crippen LogP contribution < -0.4 is 4.72 Å². The summed E-state index contributed by atoms with van der Waals surface area (Å²) in [7, 11) is 0. The first-order valence-corrected chi connectivity index (χ1v) is 6.06. The summed E-state index contributed by atoms with van der Waals surface area (Å²) >= 11 is 4.08. The van der Waals surface area contributed by atoms with E-state index in [0.29, 0.717) is 0 Å². The van der Waals surface area contributed by atoms with Gasteiger partial charge in [0.1, 0.15) is 0 Å². The molecule has 0 atom stereocenters. The molecule has 0 bridgehead atoms. The number of hydrogen-bond donors (Lipinski definition) is 1. The van der Waals surface area contributed by atoms with E-state index in [1.807, 2.05) is 18.8 Å². The Morgan fingerprint density at radius 2 is 1.80 bits per heavy atom. The van der Waals surface area contributed by atoms with Gasteiger partial charge < -0.3 is 0 Å². The Balaban J connectivity index is 3.65. The van der Waals surface area contributed by atoms with Crippen molar-refractivity contribution < 1.29 is 4.79 Å². The lowest BCUT2D eigenvalue weighted by Gasteiger charge is -2.14. The molecule has 0 spiro atoms. The lowest BCUT2D eigenvalue weighted by Crippen LogP contribution is -2.25. The first kappa shape index (κ1) is 10.3. The van der Waals surface area contributed by atoms with Crippen LogP contribution in [0.1, 0.15) is 0 Å². The summed E-state index contributed by atoms with van der Waals surface area (Å²) in [4.78, 5) is 11.0. The molecule has 0 aromatic carbocycles. The number of nitrogens with zero attached hydrogens (tertiary/aromatic N) is 1. The summed E-state index contributed by atoms with van der Waals surface area (Å²) in [6.07, 6.45) is 5.53. The molecule has 0 aromatic rings. The molecule has 0 aliphatic rings. The third-order valence-corrected chi connectivity index (χ3v) is 2.95. The minimum Gasteiger partial charge on any atom is -0.280 e. The van der Waals surface area contributed by atoms with Crippen LogP contribution in [0.2, 0.25) is 0 Å². The maximum atomic E-state index is 11.0. The highest BCUT2D eigenvalue weighted by molar-refractivity contribution is 8.12. The fourth-order valence-corrected chi connectivity index (χ4v) is 1.77. The van der Waals surface area contributed by atoms with E-state index in [9.17, 15) is 4.79 Å². The van der Waals surface area contributed by atoms with Crippen LogP contribution in [0.25, 0.3) is 0 Å². The van der Waals surface area contributed by atoms with Crippen LogP contribution in [-0.2, 0) is 0 Å². The Morgan fingerprint density at radius 3 is 2.10 bits per heavy atom. The van der Waals surface area contributed by atoms with E-state index in [4.69, 9.17) is 0 Å². The summed E-state index contributed by atoms with van der Waals surface area (Å²) < 4.78 is 4.18. The largest absolute Gasteiger partial charge is 0.347 e. The minimum absolute atomic E-state index is 0.0764. The monoisotopic (exact) mass is 198 g/mol. The van der Waals surface area contributed by atoms with Crippen LogP contribution in [0.5, 0.6) is 0 Å². The zero-order valence-electron chi connectivity index (χ0n) is 6.08. The lowest BCUT2D eigenvalue weighted by atomic mass is 11.2. The molecule has 0 unspecified atom stereocenters. The van der Waals surface area contributed by atoms with E-state index in [1.165, 1.54) is 35.8 Å². The van der Waals surface area contributed by atoms with Crippen LogP contribution in [0.15, 0.2) is 0 Å². The molecule has 6 heteroatoms. The van der Waals surface area contributed by atoms with Crippen molar-refractivity contribution in [2.75, 3.05) is 18.8 Å². The van der Waals surface area contributed by atoms with Crippen molar-refractivity contribution in [1.29, 1.82) is 0 Å². The fraction of sp³-hybridized carbons (Fsp3) is 0.750. The van der Waals surface area contributed by atoms with Crippen LogP contribution in [-0.4, -0.2) is 28.5 Å². The molecule has 0 aliphatic carbocycles. The van der Waals surface area contributed by atoms with E-state index in [2.05, 4.69) is 4.72 Å². The van der Waals surface area contributed by atoms with Gasteiger partial charge in [-0.15, -0.1) is 0 Å². The predicted molar refractivity (Wildman–Crippen MR) is 50.9 cm³/mol. The van der Waals surface area contributed by atoms with Gasteiger partial charge in [0.05, 0.1) is 0 Å². The summed E-state index contributed by atoms with van der Waals surface area (Å²) in [6, 6.07) is -0.0764. The molecule has 10 heavy (non-hydrogen) atoms. The number of hydrogen-bond acceptors (Lipinski definition) is 4. The van der Waals surface area contributed by atoms with Gasteiger partial charge in [-0.25, -0.2) is 8.51 Å². The molecular weight excluding hydrogens is 188 g/mol. The minimum atomic E-state index is -0.0764. The van der Waals surface area contributed by atoms with Crippen LogP contribution in [0, 0.1) is 0 Å². The van der Waals surface area contributed by atoms with Crippen LogP contribution in [0.3, 0.4) is 0 Å². The van der Waals surface area contributed by atoms with Crippen molar-refractivity contribution in [3.63, 3.8) is 0 Å². The first-order chi connectivity index (χ1) is 4.76. The van der Waals surface area contributed by atoms with Crippen molar-refractivity contribution >= 4 is 41.9 Å². The van der Waals surface area contributed by atoms with Gasteiger partial charge in [-0.3, -0.25) is 4.72 Å². The molecule has 1 N–H and O–H groups in total. The third kappa shape index (κ3) is 3.48. The van der Waals surface area contributed by atoms with Gasteiger partial charge in [-0.05, 0) is 23.9 Å². The molecule has 0 saturated carbocycles.